The van der Waals surface area contributed by atoms with Crippen molar-refractivity contribution in [3.63, 3.8) is 0 Å². The van der Waals surface area contributed by atoms with E-state index in [2.05, 4.69) is 59.2 Å². The van der Waals surface area contributed by atoms with Gasteiger partial charge in [-0.1, -0.05) is 146 Å². The van der Waals surface area contributed by atoms with Gasteiger partial charge in [0, 0.05) is 48.3 Å². The third-order valence-corrected chi connectivity index (χ3v) is 15.3. The van der Waals surface area contributed by atoms with E-state index in [1.54, 1.807) is 0 Å². The number of hydrogen-bond donors (Lipinski definition) is 0. The first-order chi connectivity index (χ1) is 23.6. The van der Waals surface area contributed by atoms with Crippen molar-refractivity contribution in [1.29, 1.82) is 0 Å². The Morgan fingerprint density at radius 1 is 0.438 bits per heavy atom. The molecule has 0 aliphatic heterocycles. The summed E-state index contributed by atoms with van der Waals surface area (Å²) in [5.74, 6) is 0. The van der Waals surface area contributed by atoms with Gasteiger partial charge in [0.25, 0.3) is 0 Å². The summed E-state index contributed by atoms with van der Waals surface area (Å²) >= 11 is 0. The van der Waals surface area contributed by atoms with E-state index >= 15 is 9.13 Å². The fraction of sp³-hybridized carbons (Fsp3) is 0.0233. The topological polar surface area (TPSA) is 39.1 Å². The van der Waals surface area contributed by atoms with Crippen molar-refractivity contribution in [3.8, 4) is 0 Å². The molecule has 5 heteroatoms. The third-order valence-electron chi connectivity index (χ3n) is 9.17. The van der Waals surface area contributed by atoms with Gasteiger partial charge in [-0.15, -0.1) is 0 Å². The van der Waals surface area contributed by atoms with Crippen LogP contribution in [0, 0.1) is 0 Å². The molecule has 1 aromatic heterocycles. The zero-order valence-electron chi connectivity index (χ0n) is 26.3. The Morgan fingerprint density at radius 2 is 0.833 bits per heavy atom. The summed E-state index contributed by atoms with van der Waals surface area (Å²) in [6, 6.07) is 51.6. The second-order valence-corrected chi connectivity index (χ2v) is 17.5. The minimum absolute atomic E-state index is 0.762. The molecule has 1 heterocycles. The van der Waals surface area contributed by atoms with Crippen molar-refractivity contribution in [3.05, 3.63) is 188 Å². The number of hydrogen-bond acceptors (Lipinski definition) is 2. The van der Waals surface area contributed by atoms with Crippen molar-refractivity contribution in [1.82, 2.24) is 4.57 Å². The molecule has 0 bridgehead atoms. The van der Waals surface area contributed by atoms with E-state index < -0.39 is 14.3 Å². The van der Waals surface area contributed by atoms with Crippen LogP contribution >= 0.6 is 14.3 Å². The predicted octanol–water partition coefficient (Wildman–Crippen LogP) is 8.43. The summed E-state index contributed by atoms with van der Waals surface area (Å²) < 4.78 is 33.2. The zero-order valence-corrected chi connectivity index (χ0v) is 28.1. The Labute approximate surface area is 281 Å². The van der Waals surface area contributed by atoms with Crippen molar-refractivity contribution < 1.29 is 9.13 Å². The molecular formula is C43H33NO2P2. The molecule has 0 saturated heterocycles. The highest BCUT2D eigenvalue weighted by Crippen LogP contribution is 2.46. The first kappa shape index (κ1) is 30.2. The highest BCUT2D eigenvalue weighted by atomic mass is 31.2. The van der Waals surface area contributed by atoms with E-state index in [4.69, 9.17) is 0 Å². The number of fused-ring (bicyclic) bond motifs is 3. The van der Waals surface area contributed by atoms with Crippen LogP contribution < -0.4 is 31.8 Å². The van der Waals surface area contributed by atoms with Gasteiger partial charge in [-0.05, 0) is 48.9 Å². The second-order valence-electron chi connectivity index (χ2n) is 12.0. The van der Waals surface area contributed by atoms with Gasteiger partial charge in [0.2, 0.25) is 0 Å². The fourth-order valence-corrected chi connectivity index (χ4v) is 12.2. The van der Waals surface area contributed by atoms with Crippen molar-refractivity contribution in [2.75, 3.05) is 0 Å². The van der Waals surface area contributed by atoms with E-state index in [0.29, 0.717) is 0 Å². The van der Waals surface area contributed by atoms with Crippen LogP contribution in [0.3, 0.4) is 0 Å². The van der Waals surface area contributed by atoms with Crippen LogP contribution in [0.1, 0.15) is 6.42 Å². The van der Waals surface area contributed by atoms with Gasteiger partial charge in [0.1, 0.15) is 0 Å². The lowest BCUT2D eigenvalue weighted by molar-refractivity contribution is 0.591. The summed E-state index contributed by atoms with van der Waals surface area (Å²) in [7, 11) is -6.46. The van der Waals surface area contributed by atoms with Gasteiger partial charge in [0.15, 0.2) is 14.3 Å². The number of rotatable bonds is 7. The van der Waals surface area contributed by atoms with Gasteiger partial charge in [-0.3, -0.25) is 0 Å². The largest absolute Gasteiger partial charge is 0.310 e. The minimum Gasteiger partial charge on any atom is -0.310 e. The Kier molecular flexibility index (Phi) is 7.81. The number of nitrogens with zero attached hydrogens (tertiary/aromatic N) is 1. The van der Waals surface area contributed by atoms with Crippen LogP contribution in [-0.4, -0.2) is 4.57 Å². The summed E-state index contributed by atoms with van der Waals surface area (Å²) in [5.41, 5.74) is 3.07. The van der Waals surface area contributed by atoms with Crippen LogP contribution in [-0.2, 0) is 9.13 Å². The number of aromatic nitrogens is 1. The minimum atomic E-state index is -3.23. The van der Waals surface area contributed by atoms with Crippen molar-refractivity contribution in [2.45, 2.75) is 6.42 Å². The van der Waals surface area contributed by atoms with E-state index in [0.717, 1.165) is 65.8 Å². The summed E-state index contributed by atoms with van der Waals surface area (Å²) in [4.78, 5) is 0. The maximum Gasteiger partial charge on any atom is 0.171 e. The molecule has 0 amide bonds. The van der Waals surface area contributed by atoms with Crippen molar-refractivity contribution >= 4 is 73.6 Å². The molecule has 1 aliphatic rings. The number of benzene rings is 6. The molecule has 0 unspecified atom stereocenters. The molecule has 0 radical (unpaired) electrons. The van der Waals surface area contributed by atoms with Crippen molar-refractivity contribution in [2.24, 2.45) is 0 Å². The van der Waals surface area contributed by atoms with E-state index in [-0.39, 0.29) is 0 Å². The summed E-state index contributed by atoms with van der Waals surface area (Å²) in [6.07, 6.45) is 11.4. The molecule has 7 aromatic rings. The van der Waals surface area contributed by atoms with Crippen LogP contribution in [0.5, 0.6) is 0 Å². The molecule has 8 rings (SSSR count). The highest BCUT2D eigenvalue weighted by Gasteiger charge is 2.32. The molecule has 0 spiro atoms. The van der Waals surface area contributed by atoms with Gasteiger partial charge < -0.3 is 13.7 Å². The highest BCUT2D eigenvalue weighted by molar-refractivity contribution is 7.85. The first-order valence-electron chi connectivity index (χ1n) is 16.1. The zero-order chi connectivity index (χ0) is 32.6. The Morgan fingerprint density at radius 3 is 1.23 bits per heavy atom. The lowest BCUT2D eigenvalue weighted by Gasteiger charge is -2.20. The van der Waals surface area contributed by atoms with Crippen LogP contribution in [0.25, 0.3) is 27.5 Å². The van der Waals surface area contributed by atoms with Crippen LogP contribution in [0.2, 0.25) is 0 Å². The Balaban J connectivity index is 1.44. The van der Waals surface area contributed by atoms with E-state index in [1.807, 2.05) is 133 Å². The fourth-order valence-electron chi connectivity index (χ4n) is 6.85. The average molecular weight is 658 g/mol. The lowest BCUT2D eigenvalue weighted by Crippen LogP contribution is -2.25. The smallest absolute Gasteiger partial charge is 0.171 e. The standard InChI is InChI=1S/C43H33NO2P2/c45-47(34-19-9-3-10-20-34,35-21-11-4-12-22-35)38-27-29-42-40(31-38)41-32-39(28-30-43(41)44(42)33-17-7-1-2-8-18-33)48(46,36-23-13-5-14-24-36)37-25-15-6-16-26-37/h1-7,9-32H,8H2. The Hall–Kier alpha value is -5.20. The summed E-state index contributed by atoms with van der Waals surface area (Å²) in [6.45, 7) is 0. The molecule has 48 heavy (non-hydrogen) atoms. The molecule has 0 N–H and O–H groups in total. The third kappa shape index (κ3) is 4.99. The van der Waals surface area contributed by atoms with Gasteiger partial charge in [0.05, 0.1) is 11.0 Å². The first-order valence-corrected chi connectivity index (χ1v) is 19.6. The van der Waals surface area contributed by atoms with Gasteiger partial charge in [-0.25, -0.2) is 0 Å². The van der Waals surface area contributed by atoms with Crippen LogP contribution in [0.4, 0.5) is 0 Å². The van der Waals surface area contributed by atoms with Gasteiger partial charge in [-0.2, -0.15) is 0 Å². The predicted molar refractivity (Wildman–Crippen MR) is 205 cm³/mol. The van der Waals surface area contributed by atoms with Crippen LogP contribution in [0.15, 0.2) is 188 Å². The maximum absolute atomic E-state index is 15.5. The molecule has 0 atom stereocenters. The summed E-state index contributed by atoms with van der Waals surface area (Å²) in [5, 5.41) is 6.62. The number of allylic oxidation sites excluding steroid dienone is 6. The SMILES string of the molecule is O=P(c1ccccc1)(c1ccccc1)c1ccc2c(c1)c1cc(P(=O)(c3ccccc3)c3ccccc3)ccc1n2C1=CCC=CC=C1. The normalized spacial score (nSPS) is 13.5. The average Bonchev–Trinajstić information content (AvgIpc) is 3.27. The molecule has 0 fully saturated rings. The molecule has 0 saturated carbocycles. The molecule has 1 aliphatic carbocycles. The quantitative estimate of drug-likeness (QED) is 0.162. The molecular weight excluding hydrogens is 624 g/mol. The van der Waals surface area contributed by atoms with E-state index in [1.165, 1.54) is 0 Å². The van der Waals surface area contributed by atoms with Gasteiger partial charge >= 0.3 is 0 Å². The Bertz CT molecular complexity index is 2220. The maximum atomic E-state index is 15.5. The lowest BCUT2D eigenvalue weighted by atomic mass is 10.1. The molecule has 3 nitrogen and oxygen atoms in total. The monoisotopic (exact) mass is 657 g/mol. The molecule has 6 aromatic carbocycles. The molecule has 232 valence electrons. The second kappa shape index (κ2) is 12.4. The van der Waals surface area contributed by atoms with E-state index in [9.17, 15) is 0 Å².